The van der Waals surface area contributed by atoms with Crippen LogP contribution in [-0.4, -0.2) is 0 Å². The van der Waals surface area contributed by atoms with Crippen molar-refractivity contribution < 1.29 is 13.2 Å². The van der Waals surface area contributed by atoms with E-state index in [1.165, 1.54) is 17.4 Å². The number of benzene rings is 1. The molecule has 0 fully saturated rings. The molecule has 0 aliphatic carbocycles. The van der Waals surface area contributed by atoms with Crippen LogP contribution < -0.4 is 5.32 Å². The summed E-state index contributed by atoms with van der Waals surface area (Å²) in [7, 11) is 0. The van der Waals surface area contributed by atoms with Crippen molar-refractivity contribution in [1.82, 2.24) is 0 Å². The van der Waals surface area contributed by atoms with Gasteiger partial charge in [-0.2, -0.15) is 13.2 Å². The van der Waals surface area contributed by atoms with Crippen LogP contribution in [0.3, 0.4) is 0 Å². The van der Waals surface area contributed by atoms with Crippen molar-refractivity contribution in [2.75, 3.05) is 5.32 Å². The van der Waals surface area contributed by atoms with Gasteiger partial charge in [0.25, 0.3) is 0 Å². The molecule has 0 saturated heterocycles. The molecule has 108 valence electrons. The molecule has 0 aliphatic rings. The Bertz CT molecular complexity index is 608. The van der Waals surface area contributed by atoms with Gasteiger partial charge in [0, 0.05) is 26.6 Å². The van der Waals surface area contributed by atoms with E-state index in [0.29, 0.717) is 12.2 Å². The highest BCUT2D eigenvalue weighted by Crippen LogP contribution is 2.35. The minimum Gasteiger partial charge on any atom is -0.380 e. The lowest BCUT2D eigenvalue weighted by Gasteiger charge is -2.11. The van der Waals surface area contributed by atoms with E-state index in [9.17, 15) is 13.2 Å². The lowest BCUT2D eigenvalue weighted by atomic mass is 10.2. The number of nitrogens with one attached hydrogen (secondary N) is 1. The van der Waals surface area contributed by atoms with Crippen molar-refractivity contribution in [3.8, 4) is 0 Å². The van der Waals surface area contributed by atoms with Crippen molar-refractivity contribution in [1.29, 1.82) is 0 Å². The van der Waals surface area contributed by atoms with E-state index in [1.807, 2.05) is 6.07 Å². The maximum absolute atomic E-state index is 12.7. The van der Waals surface area contributed by atoms with Gasteiger partial charge in [-0.3, -0.25) is 0 Å². The molecule has 2 aromatic rings. The van der Waals surface area contributed by atoms with Crippen molar-refractivity contribution >= 4 is 60.5 Å². The molecule has 0 spiro atoms. The lowest BCUT2D eigenvalue weighted by molar-refractivity contribution is -0.137. The van der Waals surface area contributed by atoms with Crippen LogP contribution in [0.25, 0.3) is 0 Å². The summed E-state index contributed by atoms with van der Waals surface area (Å²) in [6.07, 6.45) is -4.41. The van der Waals surface area contributed by atoms with Gasteiger partial charge in [-0.25, -0.2) is 0 Å². The number of anilines is 1. The van der Waals surface area contributed by atoms with Crippen molar-refractivity contribution in [3.63, 3.8) is 0 Å². The van der Waals surface area contributed by atoms with E-state index in [1.54, 1.807) is 0 Å². The molecule has 1 heterocycles. The largest absolute Gasteiger partial charge is 0.416 e. The second kappa shape index (κ2) is 6.25. The molecule has 0 aliphatic heterocycles. The summed E-state index contributed by atoms with van der Waals surface area (Å²) >= 11 is 13.9. The third kappa shape index (κ3) is 4.13. The third-order valence-corrected chi connectivity index (χ3v) is 5.86. The molecule has 1 N–H and O–H groups in total. The smallest absolute Gasteiger partial charge is 0.380 e. The fourth-order valence-electron chi connectivity index (χ4n) is 1.52. The van der Waals surface area contributed by atoms with E-state index in [2.05, 4.69) is 37.2 Å². The van der Waals surface area contributed by atoms with Gasteiger partial charge in [0.1, 0.15) is 0 Å². The van der Waals surface area contributed by atoms with E-state index in [-0.39, 0.29) is 5.02 Å². The number of hydrogen-bond donors (Lipinski definition) is 1. The topological polar surface area (TPSA) is 12.0 Å². The highest BCUT2D eigenvalue weighted by molar-refractivity contribution is 9.13. The summed E-state index contributed by atoms with van der Waals surface area (Å²) in [6, 6.07) is 5.32. The third-order valence-electron chi connectivity index (χ3n) is 2.39. The Kier molecular flexibility index (Phi) is 5.05. The van der Waals surface area contributed by atoms with Gasteiger partial charge in [0.05, 0.1) is 9.35 Å². The van der Waals surface area contributed by atoms with Crippen LogP contribution in [0.1, 0.15) is 10.4 Å². The molecule has 1 aromatic heterocycles. The molecule has 8 heteroatoms. The van der Waals surface area contributed by atoms with Gasteiger partial charge in [-0.05, 0) is 56.1 Å². The maximum atomic E-state index is 12.7. The Morgan fingerprint density at radius 2 is 1.85 bits per heavy atom. The number of thiophene rings is 1. The Morgan fingerprint density at radius 3 is 2.40 bits per heavy atom. The zero-order chi connectivity index (χ0) is 14.9. The highest BCUT2D eigenvalue weighted by Gasteiger charge is 2.31. The summed E-state index contributed by atoms with van der Waals surface area (Å²) in [4.78, 5) is 0.984. The molecular weight excluding hydrogens is 442 g/mol. The molecule has 0 unspecified atom stereocenters. The van der Waals surface area contributed by atoms with E-state index < -0.39 is 11.7 Å². The molecule has 0 bridgehead atoms. The van der Waals surface area contributed by atoms with Gasteiger partial charge < -0.3 is 5.32 Å². The summed E-state index contributed by atoms with van der Waals surface area (Å²) < 4.78 is 39.9. The number of hydrogen-bond acceptors (Lipinski definition) is 2. The molecular formula is C12H7Br2ClF3NS. The average molecular weight is 450 g/mol. The van der Waals surface area contributed by atoms with Crippen molar-refractivity contribution in [2.24, 2.45) is 0 Å². The minimum absolute atomic E-state index is 0.0517. The first-order valence-corrected chi connectivity index (χ1v) is 8.09. The molecule has 1 nitrogen and oxygen atoms in total. The Labute approximate surface area is 139 Å². The number of alkyl halides is 3. The molecule has 1 aromatic carbocycles. The fraction of sp³-hybridized carbons (Fsp3) is 0.167. The van der Waals surface area contributed by atoms with Crippen molar-refractivity contribution in [3.05, 3.63) is 48.0 Å². The second-order valence-electron chi connectivity index (χ2n) is 3.91. The Balaban J connectivity index is 2.15. The van der Waals surface area contributed by atoms with E-state index >= 15 is 0 Å². The SMILES string of the molecule is FC(F)(F)c1cc(Cl)cc(NCc2cc(Br)c(Br)s2)c1. The van der Waals surface area contributed by atoms with Crippen LogP contribution in [0, 0.1) is 0 Å². The van der Waals surface area contributed by atoms with Gasteiger partial charge in [0.2, 0.25) is 0 Å². The minimum atomic E-state index is -4.41. The summed E-state index contributed by atoms with van der Waals surface area (Å²) in [5.74, 6) is 0. The van der Waals surface area contributed by atoms with Crippen LogP contribution in [-0.2, 0) is 12.7 Å². The average Bonchev–Trinajstić information content (AvgIpc) is 2.65. The zero-order valence-corrected chi connectivity index (χ0v) is 14.4. The first-order chi connectivity index (χ1) is 9.25. The predicted molar refractivity (Wildman–Crippen MR) is 83.5 cm³/mol. The molecule has 0 saturated carbocycles. The molecule has 2 rings (SSSR count). The van der Waals surface area contributed by atoms with Crippen molar-refractivity contribution in [2.45, 2.75) is 12.7 Å². The first kappa shape index (κ1) is 16.1. The van der Waals surface area contributed by atoms with E-state index in [4.69, 9.17) is 11.6 Å². The van der Waals surface area contributed by atoms with E-state index in [0.717, 1.165) is 25.3 Å². The van der Waals surface area contributed by atoms with Gasteiger partial charge in [-0.15, -0.1) is 11.3 Å². The fourth-order valence-corrected chi connectivity index (χ4v) is 3.87. The van der Waals surface area contributed by atoms with Gasteiger partial charge in [0.15, 0.2) is 0 Å². The summed E-state index contributed by atoms with van der Waals surface area (Å²) in [6.45, 7) is 0.423. The molecule has 20 heavy (non-hydrogen) atoms. The Hall–Kier alpha value is -0.240. The lowest BCUT2D eigenvalue weighted by Crippen LogP contribution is -2.06. The standard InChI is InChI=1S/C12H7Br2ClF3NS/c13-10-4-9(20-11(10)14)5-19-8-2-6(12(16,17)18)1-7(15)3-8/h1-4,19H,5H2. The van der Waals surface area contributed by atoms with Crippen LogP contribution in [0.4, 0.5) is 18.9 Å². The summed E-state index contributed by atoms with van der Waals surface area (Å²) in [5.41, 5.74) is -0.425. The summed E-state index contributed by atoms with van der Waals surface area (Å²) in [5, 5.41) is 2.99. The quantitative estimate of drug-likeness (QED) is 0.560. The number of halogens is 6. The maximum Gasteiger partial charge on any atom is 0.416 e. The molecule has 0 radical (unpaired) electrons. The first-order valence-electron chi connectivity index (χ1n) is 5.31. The normalized spacial score (nSPS) is 11.7. The monoisotopic (exact) mass is 447 g/mol. The highest BCUT2D eigenvalue weighted by atomic mass is 79.9. The van der Waals surface area contributed by atoms with Gasteiger partial charge >= 0.3 is 6.18 Å². The van der Waals surface area contributed by atoms with Crippen LogP contribution in [0.2, 0.25) is 5.02 Å². The van der Waals surface area contributed by atoms with Gasteiger partial charge in [-0.1, -0.05) is 11.6 Å². The van der Waals surface area contributed by atoms with Crippen LogP contribution in [0.15, 0.2) is 32.5 Å². The zero-order valence-electron chi connectivity index (χ0n) is 9.69. The van der Waals surface area contributed by atoms with Crippen LogP contribution in [0.5, 0.6) is 0 Å². The Morgan fingerprint density at radius 1 is 1.15 bits per heavy atom. The number of rotatable bonds is 3. The van der Waals surface area contributed by atoms with Crippen LogP contribution >= 0.6 is 54.8 Å². The molecule has 0 atom stereocenters. The predicted octanol–water partition coefficient (Wildman–Crippen LogP) is 6.56. The molecule has 0 amide bonds. The second-order valence-corrected chi connectivity index (χ2v) is 7.66.